The molecule has 0 aliphatic rings. The number of rotatable bonds is 7. The monoisotopic (exact) mass is 278 g/mol. The third kappa shape index (κ3) is 4.64. The number of Topliss-reactive ketones (excluding diaryl/α,β-unsaturated/α-hetero) is 1. The summed E-state index contributed by atoms with van der Waals surface area (Å²) in [7, 11) is 0. The van der Waals surface area contributed by atoms with Crippen LogP contribution in [-0.4, -0.2) is 25.1 Å². The van der Waals surface area contributed by atoms with Crippen molar-refractivity contribution in [1.29, 1.82) is 0 Å². The van der Waals surface area contributed by atoms with Crippen molar-refractivity contribution in [2.75, 3.05) is 13.2 Å². The molecule has 3 heteroatoms. The Morgan fingerprint density at radius 1 is 1.15 bits per heavy atom. The first-order valence-electron chi connectivity index (χ1n) is 7.28. The molecule has 0 spiro atoms. The highest BCUT2D eigenvalue weighted by molar-refractivity contribution is 6.00. The van der Waals surface area contributed by atoms with Gasteiger partial charge in [-0.2, -0.15) is 0 Å². The van der Waals surface area contributed by atoms with Gasteiger partial charge in [-0.3, -0.25) is 4.79 Å². The van der Waals surface area contributed by atoms with Gasteiger partial charge in [-0.05, 0) is 43.0 Å². The van der Waals surface area contributed by atoms with Crippen LogP contribution in [0.4, 0.5) is 0 Å². The lowest BCUT2D eigenvalue weighted by Gasteiger charge is -2.29. The molecule has 0 saturated heterocycles. The van der Waals surface area contributed by atoms with E-state index in [0.717, 1.165) is 12.2 Å². The fourth-order valence-corrected chi connectivity index (χ4v) is 1.97. The zero-order valence-corrected chi connectivity index (χ0v) is 13.2. The van der Waals surface area contributed by atoms with Gasteiger partial charge in [0.2, 0.25) is 0 Å². The number of ketones is 1. The normalized spacial score (nSPS) is 13.1. The Balaban J connectivity index is 2.84. The maximum Gasteiger partial charge on any atom is 0.192 e. The average Bonchev–Trinajstić information content (AvgIpc) is 2.41. The van der Waals surface area contributed by atoms with E-state index >= 15 is 0 Å². The number of benzene rings is 1. The van der Waals surface area contributed by atoms with E-state index in [1.54, 1.807) is 0 Å². The van der Waals surface area contributed by atoms with Crippen molar-refractivity contribution in [3.05, 3.63) is 29.8 Å². The van der Waals surface area contributed by atoms with Crippen LogP contribution in [0.5, 0.6) is 5.75 Å². The molecule has 0 amide bonds. The second kappa shape index (κ2) is 7.44. The van der Waals surface area contributed by atoms with Crippen LogP contribution in [0.3, 0.4) is 0 Å². The van der Waals surface area contributed by atoms with Gasteiger partial charge in [0.1, 0.15) is 11.9 Å². The molecule has 1 atom stereocenters. The summed E-state index contributed by atoms with van der Waals surface area (Å²) in [4.78, 5) is 12.5. The minimum atomic E-state index is -0.421. The Hall–Kier alpha value is -1.35. The number of carbonyl (C=O) groups excluding carboxylic acids is 1. The Labute approximate surface area is 122 Å². The van der Waals surface area contributed by atoms with Crippen LogP contribution in [0.1, 0.15) is 51.4 Å². The van der Waals surface area contributed by atoms with Gasteiger partial charge in [-0.15, -0.1) is 0 Å². The van der Waals surface area contributed by atoms with Gasteiger partial charge in [0.05, 0.1) is 6.61 Å². The van der Waals surface area contributed by atoms with Gasteiger partial charge < -0.3 is 9.47 Å². The molecule has 0 radical (unpaired) electrons. The van der Waals surface area contributed by atoms with Crippen molar-refractivity contribution in [3.63, 3.8) is 0 Å². The third-order valence-electron chi connectivity index (χ3n) is 2.97. The smallest absolute Gasteiger partial charge is 0.192 e. The molecule has 0 saturated carbocycles. The first kappa shape index (κ1) is 16.7. The summed E-state index contributed by atoms with van der Waals surface area (Å²) in [6, 6.07) is 7.30. The van der Waals surface area contributed by atoms with Crippen molar-refractivity contribution in [2.24, 2.45) is 5.41 Å². The van der Waals surface area contributed by atoms with Gasteiger partial charge >= 0.3 is 0 Å². The molecule has 3 nitrogen and oxygen atoms in total. The summed E-state index contributed by atoms with van der Waals surface area (Å²) in [6.45, 7) is 11.3. The minimum absolute atomic E-state index is 0.0291. The van der Waals surface area contributed by atoms with Crippen molar-refractivity contribution >= 4 is 5.78 Å². The standard InChI is InChI=1S/C17H26O3/c1-6-12-20-14-10-8-13(9-11-14)15(18)16(19-7-2)17(3,4)5/h8-11,16H,6-7,12H2,1-5H3. The van der Waals surface area contributed by atoms with E-state index in [9.17, 15) is 4.79 Å². The first-order valence-corrected chi connectivity index (χ1v) is 7.28. The molecular weight excluding hydrogens is 252 g/mol. The second-order valence-electron chi connectivity index (χ2n) is 5.94. The highest BCUT2D eigenvalue weighted by atomic mass is 16.5. The van der Waals surface area contributed by atoms with E-state index < -0.39 is 6.10 Å². The van der Waals surface area contributed by atoms with Gasteiger partial charge in [-0.25, -0.2) is 0 Å². The molecule has 0 heterocycles. The predicted molar refractivity (Wildman–Crippen MR) is 81.4 cm³/mol. The van der Waals surface area contributed by atoms with Gasteiger partial charge in [-0.1, -0.05) is 27.7 Å². The summed E-state index contributed by atoms with van der Waals surface area (Å²) < 4.78 is 11.2. The third-order valence-corrected chi connectivity index (χ3v) is 2.97. The van der Waals surface area contributed by atoms with Crippen molar-refractivity contribution in [1.82, 2.24) is 0 Å². The van der Waals surface area contributed by atoms with E-state index in [1.807, 2.05) is 52.0 Å². The lowest BCUT2D eigenvalue weighted by molar-refractivity contribution is -0.000221. The lowest BCUT2D eigenvalue weighted by atomic mass is 9.84. The Morgan fingerprint density at radius 3 is 2.20 bits per heavy atom. The molecule has 0 aliphatic carbocycles. The molecule has 112 valence electrons. The molecule has 0 aliphatic heterocycles. The zero-order valence-electron chi connectivity index (χ0n) is 13.2. The highest BCUT2D eigenvalue weighted by Crippen LogP contribution is 2.26. The van der Waals surface area contributed by atoms with E-state index in [-0.39, 0.29) is 11.2 Å². The molecule has 0 N–H and O–H groups in total. The van der Waals surface area contributed by atoms with Crippen LogP contribution in [0.2, 0.25) is 0 Å². The summed E-state index contributed by atoms with van der Waals surface area (Å²) in [5, 5.41) is 0. The number of ether oxygens (including phenoxy) is 2. The van der Waals surface area contributed by atoms with E-state index in [1.165, 1.54) is 0 Å². The molecule has 1 unspecified atom stereocenters. The van der Waals surface area contributed by atoms with Crippen molar-refractivity contribution in [3.8, 4) is 5.75 Å². The average molecular weight is 278 g/mol. The molecule has 0 fully saturated rings. The summed E-state index contributed by atoms with van der Waals surface area (Å²) in [6.07, 6.45) is 0.548. The highest BCUT2D eigenvalue weighted by Gasteiger charge is 2.32. The Kier molecular flexibility index (Phi) is 6.21. The summed E-state index contributed by atoms with van der Waals surface area (Å²) in [5.74, 6) is 0.827. The van der Waals surface area contributed by atoms with Crippen LogP contribution in [0.15, 0.2) is 24.3 Å². The number of hydrogen-bond donors (Lipinski definition) is 0. The molecular formula is C17H26O3. The van der Waals surface area contributed by atoms with Crippen molar-refractivity contribution in [2.45, 2.75) is 47.1 Å². The summed E-state index contributed by atoms with van der Waals surface area (Å²) in [5.41, 5.74) is 0.451. The Morgan fingerprint density at radius 2 is 1.75 bits per heavy atom. The van der Waals surface area contributed by atoms with Gasteiger partial charge in [0.25, 0.3) is 0 Å². The van der Waals surface area contributed by atoms with Crippen LogP contribution < -0.4 is 4.74 Å². The van der Waals surface area contributed by atoms with Crippen LogP contribution >= 0.6 is 0 Å². The Bertz CT molecular complexity index is 415. The fourth-order valence-electron chi connectivity index (χ4n) is 1.97. The molecule has 1 rings (SSSR count). The topological polar surface area (TPSA) is 35.5 Å². The predicted octanol–water partition coefficient (Wildman–Crippen LogP) is 4.11. The molecule has 0 bridgehead atoms. The quantitative estimate of drug-likeness (QED) is 0.704. The molecule has 1 aromatic rings. The second-order valence-corrected chi connectivity index (χ2v) is 5.94. The molecule has 0 aromatic heterocycles. The molecule has 1 aromatic carbocycles. The zero-order chi connectivity index (χ0) is 15.2. The van der Waals surface area contributed by atoms with Gasteiger partial charge in [0, 0.05) is 12.2 Å². The van der Waals surface area contributed by atoms with E-state index in [4.69, 9.17) is 9.47 Å². The van der Waals surface area contributed by atoms with Crippen LogP contribution in [0, 0.1) is 5.41 Å². The molecule has 20 heavy (non-hydrogen) atoms. The lowest BCUT2D eigenvalue weighted by Crippen LogP contribution is -2.37. The van der Waals surface area contributed by atoms with Crippen molar-refractivity contribution < 1.29 is 14.3 Å². The maximum atomic E-state index is 12.5. The van der Waals surface area contributed by atoms with E-state index in [2.05, 4.69) is 6.92 Å². The first-order chi connectivity index (χ1) is 9.40. The fraction of sp³-hybridized carbons (Fsp3) is 0.588. The van der Waals surface area contributed by atoms with Crippen LogP contribution in [-0.2, 0) is 4.74 Å². The summed E-state index contributed by atoms with van der Waals surface area (Å²) >= 11 is 0. The maximum absolute atomic E-state index is 12.5. The van der Waals surface area contributed by atoms with E-state index in [0.29, 0.717) is 18.8 Å². The number of hydrogen-bond acceptors (Lipinski definition) is 3. The largest absolute Gasteiger partial charge is 0.494 e. The van der Waals surface area contributed by atoms with Gasteiger partial charge in [0.15, 0.2) is 5.78 Å². The SMILES string of the molecule is CCCOc1ccc(C(=O)C(OCC)C(C)(C)C)cc1. The minimum Gasteiger partial charge on any atom is -0.494 e. The number of carbonyl (C=O) groups is 1. The van der Waals surface area contributed by atoms with Crippen LogP contribution in [0.25, 0.3) is 0 Å².